The molecule has 1 aromatic rings. The second-order valence-electron chi connectivity index (χ2n) is 6.60. The summed E-state index contributed by atoms with van der Waals surface area (Å²) in [6.07, 6.45) is 3.11. The van der Waals surface area contributed by atoms with E-state index in [1.54, 1.807) is 0 Å². The van der Waals surface area contributed by atoms with Crippen LogP contribution in [0.2, 0.25) is 0 Å². The summed E-state index contributed by atoms with van der Waals surface area (Å²) >= 11 is 0. The molecular formula is C15H24N4O2S. The molecule has 2 saturated heterocycles. The average molecular weight is 324 g/mol. The van der Waals surface area contributed by atoms with E-state index in [4.69, 9.17) is 0 Å². The Morgan fingerprint density at radius 1 is 1.32 bits per heavy atom. The maximum absolute atomic E-state index is 11.6. The van der Waals surface area contributed by atoms with Gasteiger partial charge in [0.2, 0.25) is 0 Å². The second kappa shape index (κ2) is 6.02. The lowest BCUT2D eigenvalue weighted by Crippen LogP contribution is -2.35. The molecule has 1 N–H and O–H groups in total. The SMILES string of the molecule is Cc1nc(NC2CCS(=O)(=O)C2)cc(N2CCCC(C)C2)n1. The Labute approximate surface area is 132 Å². The first-order valence-electron chi connectivity index (χ1n) is 7.99. The minimum absolute atomic E-state index is 0.0348. The van der Waals surface area contributed by atoms with Crippen LogP contribution < -0.4 is 10.2 Å². The van der Waals surface area contributed by atoms with Gasteiger partial charge in [0.15, 0.2) is 9.84 Å². The van der Waals surface area contributed by atoms with Crippen molar-refractivity contribution in [1.29, 1.82) is 0 Å². The highest BCUT2D eigenvalue weighted by molar-refractivity contribution is 7.91. The number of sulfone groups is 1. The zero-order valence-electron chi connectivity index (χ0n) is 13.2. The third-order valence-corrected chi connectivity index (χ3v) is 6.16. The summed E-state index contributed by atoms with van der Waals surface area (Å²) in [5, 5.41) is 3.27. The predicted octanol–water partition coefficient (Wildman–Crippen LogP) is 1.62. The standard InChI is InChI=1S/C15H24N4O2S/c1-11-4-3-6-19(9-11)15-8-14(16-12(2)17-15)18-13-5-7-22(20,21)10-13/h8,11,13H,3-7,9-10H2,1-2H3,(H,16,17,18). The van der Waals surface area contributed by atoms with E-state index in [9.17, 15) is 8.42 Å². The van der Waals surface area contributed by atoms with Gasteiger partial charge in [0.25, 0.3) is 0 Å². The highest BCUT2D eigenvalue weighted by Crippen LogP contribution is 2.24. The fourth-order valence-corrected chi connectivity index (χ4v) is 4.98. The molecule has 2 unspecified atom stereocenters. The molecule has 2 aliphatic rings. The van der Waals surface area contributed by atoms with E-state index in [1.165, 1.54) is 12.8 Å². The summed E-state index contributed by atoms with van der Waals surface area (Å²) in [4.78, 5) is 11.3. The van der Waals surface area contributed by atoms with Crippen LogP contribution in [0.15, 0.2) is 6.07 Å². The Balaban J connectivity index is 1.75. The monoisotopic (exact) mass is 324 g/mol. The van der Waals surface area contributed by atoms with Gasteiger partial charge in [0, 0.05) is 25.2 Å². The molecule has 0 bridgehead atoms. The molecule has 0 aliphatic carbocycles. The van der Waals surface area contributed by atoms with E-state index in [1.807, 2.05) is 13.0 Å². The molecule has 3 rings (SSSR count). The van der Waals surface area contributed by atoms with Crippen LogP contribution in [0.3, 0.4) is 0 Å². The molecule has 2 aliphatic heterocycles. The number of anilines is 2. The van der Waals surface area contributed by atoms with Gasteiger partial charge in [-0.1, -0.05) is 6.92 Å². The Kier molecular flexibility index (Phi) is 4.25. The van der Waals surface area contributed by atoms with Crippen molar-refractivity contribution in [3.63, 3.8) is 0 Å². The first kappa shape index (κ1) is 15.5. The van der Waals surface area contributed by atoms with E-state index in [2.05, 4.69) is 27.1 Å². The van der Waals surface area contributed by atoms with Crippen LogP contribution in [0.25, 0.3) is 0 Å². The number of nitrogens with zero attached hydrogens (tertiary/aromatic N) is 3. The number of hydrogen-bond donors (Lipinski definition) is 1. The van der Waals surface area contributed by atoms with Crippen molar-refractivity contribution in [2.24, 2.45) is 5.92 Å². The molecule has 0 amide bonds. The first-order valence-corrected chi connectivity index (χ1v) is 9.81. The van der Waals surface area contributed by atoms with Gasteiger partial charge in [-0.2, -0.15) is 0 Å². The number of nitrogens with one attached hydrogen (secondary N) is 1. The van der Waals surface area contributed by atoms with Crippen molar-refractivity contribution in [3.8, 4) is 0 Å². The third kappa shape index (κ3) is 3.69. The maximum atomic E-state index is 11.6. The quantitative estimate of drug-likeness (QED) is 0.910. The molecule has 0 aromatic carbocycles. The van der Waals surface area contributed by atoms with Crippen LogP contribution in [-0.4, -0.2) is 49.0 Å². The maximum Gasteiger partial charge on any atom is 0.152 e. The molecule has 1 aromatic heterocycles. The lowest BCUT2D eigenvalue weighted by molar-refractivity contribution is 0.444. The normalized spacial score (nSPS) is 27.8. The number of rotatable bonds is 3. The zero-order chi connectivity index (χ0) is 15.7. The Bertz CT molecular complexity index is 647. The second-order valence-corrected chi connectivity index (χ2v) is 8.83. The number of aryl methyl sites for hydroxylation is 1. The lowest BCUT2D eigenvalue weighted by atomic mass is 10.0. The molecule has 6 nitrogen and oxygen atoms in total. The van der Waals surface area contributed by atoms with Gasteiger partial charge >= 0.3 is 0 Å². The average Bonchev–Trinajstić information content (AvgIpc) is 2.77. The highest BCUT2D eigenvalue weighted by atomic mass is 32.2. The topological polar surface area (TPSA) is 75.2 Å². The fraction of sp³-hybridized carbons (Fsp3) is 0.733. The molecule has 0 spiro atoms. The first-order chi connectivity index (χ1) is 10.4. The van der Waals surface area contributed by atoms with E-state index in [0.29, 0.717) is 12.3 Å². The van der Waals surface area contributed by atoms with Gasteiger partial charge in [-0.25, -0.2) is 18.4 Å². The van der Waals surface area contributed by atoms with Crippen LogP contribution >= 0.6 is 0 Å². The smallest absolute Gasteiger partial charge is 0.152 e. The Hall–Kier alpha value is -1.37. The van der Waals surface area contributed by atoms with Crippen LogP contribution in [-0.2, 0) is 9.84 Å². The van der Waals surface area contributed by atoms with E-state index in [0.717, 1.165) is 30.5 Å². The number of piperidine rings is 1. The molecule has 22 heavy (non-hydrogen) atoms. The van der Waals surface area contributed by atoms with Gasteiger partial charge < -0.3 is 10.2 Å². The predicted molar refractivity (Wildman–Crippen MR) is 88.1 cm³/mol. The summed E-state index contributed by atoms with van der Waals surface area (Å²) in [6, 6.07) is 1.92. The summed E-state index contributed by atoms with van der Waals surface area (Å²) in [7, 11) is -2.88. The molecule has 0 radical (unpaired) electrons. The van der Waals surface area contributed by atoms with Crippen molar-refractivity contribution in [2.45, 2.75) is 39.2 Å². The van der Waals surface area contributed by atoms with E-state index >= 15 is 0 Å². The van der Waals surface area contributed by atoms with Crippen molar-refractivity contribution < 1.29 is 8.42 Å². The third-order valence-electron chi connectivity index (χ3n) is 4.39. The van der Waals surface area contributed by atoms with Crippen LogP contribution in [0.4, 0.5) is 11.6 Å². The summed E-state index contributed by atoms with van der Waals surface area (Å²) < 4.78 is 23.1. The molecule has 2 fully saturated rings. The molecule has 0 saturated carbocycles. The van der Waals surface area contributed by atoms with Crippen LogP contribution in [0.5, 0.6) is 0 Å². The van der Waals surface area contributed by atoms with E-state index < -0.39 is 9.84 Å². The van der Waals surface area contributed by atoms with Gasteiger partial charge in [-0.3, -0.25) is 0 Å². The minimum atomic E-state index is -2.88. The largest absolute Gasteiger partial charge is 0.366 e. The molecule has 2 atom stereocenters. The van der Waals surface area contributed by atoms with Crippen molar-refractivity contribution in [3.05, 3.63) is 11.9 Å². The fourth-order valence-electron chi connectivity index (χ4n) is 3.30. The lowest BCUT2D eigenvalue weighted by Gasteiger charge is -2.32. The number of hydrogen-bond acceptors (Lipinski definition) is 6. The van der Waals surface area contributed by atoms with Gasteiger partial charge in [0.05, 0.1) is 11.5 Å². The molecule has 122 valence electrons. The Morgan fingerprint density at radius 3 is 2.82 bits per heavy atom. The van der Waals surface area contributed by atoms with Crippen molar-refractivity contribution in [2.75, 3.05) is 34.8 Å². The Morgan fingerprint density at radius 2 is 2.14 bits per heavy atom. The van der Waals surface area contributed by atoms with Crippen LogP contribution in [0, 0.1) is 12.8 Å². The number of aromatic nitrogens is 2. The highest BCUT2D eigenvalue weighted by Gasteiger charge is 2.28. The minimum Gasteiger partial charge on any atom is -0.366 e. The molecular weight excluding hydrogens is 300 g/mol. The van der Waals surface area contributed by atoms with Gasteiger partial charge in [-0.05, 0) is 32.1 Å². The summed E-state index contributed by atoms with van der Waals surface area (Å²) in [5.41, 5.74) is 0. The molecule has 3 heterocycles. The molecule has 7 heteroatoms. The van der Waals surface area contributed by atoms with E-state index in [-0.39, 0.29) is 17.5 Å². The zero-order valence-corrected chi connectivity index (χ0v) is 14.1. The van der Waals surface area contributed by atoms with Crippen molar-refractivity contribution >= 4 is 21.5 Å². The van der Waals surface area contributed by atoms with Gasteiger partial charge in [0.1, 0.15) is 17.5 Å². The van der Waals surface area contributed by atoms with Gasteiger partial charge in [-0.15, -0.1) is 0 Å². The van der Waals surface area contributed by atoms with Crippen LogP contribution in [0.1, 0.15) is 32.0 Å². The van der Waals surface area contributed by atoms with Crippen molar-refractivity contribution in [1.82, 2.24) is 9.97 Å². The summed E-state index contributed by atoms with van der Waals surface area (Å²) in [6.45, 7) is 6.20. The summed E-state index contributed by atoms with van der Waals surface area (Å²) in [5.74, 6) is 3.56.